The maximum Gasteiger partial charge on any atom is 0.000966 e. The Balaban J connectivity index is 0.000000310. The van der Waals surface area contributed by atoms with Crippen molar-refractivity contribution < 1.29 is 0 Å². The Morgan fingerprint density at radius 3 is 1.61 bits per heavy atom. The summed E-state index contributed by atoms with van der Waals surface area (Å²) >= 11 is 2.18. The van der Waals surface area contributed by atoms with Crippen LogP contribution in [0.15, 0.2) is 116 Å². The highest BCUT2D eigenvalue weighted by Crippen LogP contribution is 2.63. The second-order valence-corrected chi connectivity index (χ2v) is 25.7. The van der Waals surface area contributed by atoms with E-state index in [-0.39, 0.29) is 0 Å². The van der Waals surface area contributed by atoms with Gasteiger partial charge in [-0.2, -0.15) is 11.8 Å². The highest BCUT2D eigenvalue weighted by atomic mass is 32.2. The molecule has 4 unspecified atom stereocenters. The number of benzene rings is 5. The van der Waals surface area contributed by atoms with E-state index < -0.39 is 15.8 Å². The minimum absolute atomic E-state index is 0.533. The van der Waals surface area contributed by atoms with Crippen molar-refractivity contribution in [1.29, 1.82) is 0 Å². The first-order valence-electron chi connectivity index (χ1n) is 25.3. The molecule has 0 amide bonds. The van der Waals surface area contributed by atoms with E-state index in [1.807, 2.05) is 6.08 Å². The van der Waals surface area contributed by atoms with Crippen LogP contribution >= 0.6 is 27.6 Å². The predicted molar refractivity (Wildman–Crippen MR) is 296 cm³/mol. The summed E-state index contributed by atoms with van der Waals surface area (Å²) in [6.45, 7) is 22.4. The van der Waals surface area contributed by atoms with Gasteiger partial charge in [0.1, 0.15) is 0 Å². The second-order valence-electron chi connectivity index (χ2n) is 19.6. The first kappa shape index (κ1) is 50.5. The van der Waals surface area contributed by atoms with Gasteiger partial charge in [-0.3, -0.25) is 0 Å². The van der Waals surface area contributed by atoms with Gasteiger partial charge in [0.05, 0.1) is 0 Å². The Morgan fingerprint density at radius 1 is 0.656 bits per heavy atom. The van der Waals surface area contributed by atoms with E-state index in [0.717, 1.165) is 5.41 Å². The van der Waals surface area contributed by atoms with Crippen molar-refractivity contribution >= 4 is 65.7 Å². The van der Waals surface area contributed by atoms with Crippen LogP contribution in [0.4, 0.5) is 0 Å². The molecule has 1 saturated heterocycles. The maximum absolute atomic E-state index is 4.23. The van der Waals surface area contributed by atoms with Gasteiger partial charge >= 0.3 is 0 Å². The minimum atomic E-state index is -0.675. The zero-order chi connectivity index (χ0) is 45.5. The molecule has 5 aromatic rings. The van der Waals surface area contributed by atoms with Crippen molar-refractivity contribution in [2.24, 2.45) is 11.3 Å². The normalized spacial score (nSPS) is 20.1. The minimum Gasteiger partial charge on any atom is -0.161 e. The average Bonchev–Trinajstić information content (AvgIpc) is 3.71. The van der Waals surface area contributed by atoms with Crippen LogP contribution in [-0.2, 0) is 0 Å². The number of allylic oxidation sites excluding steroid dienone is 1. The van der Waals surface area contributed by atoms with Crippen LogP contribution in [0.1, 0.15) is 157 Å². The number of rotatable bonds is 9. The van der Waals surface area contributed by atoms with Crippen molar-refractivity contribution in [2.75, 3.05) is 11.5 Å². The molecule has 3 saturated carbocycles. The van der Waals surface area contributed by atoms with Crippen LogP contribution in [0, 0.1) is 39.0 Å². The monoisotopic (exact) mass is 909 g/mol. The van der Waals surface area contributed by atoms with Crippen molar-refractivity contribution in [3.63, 3.8) is 0 Å². The zero-order valence-electron chi connectivity index (χ0n) is 41.2. The molecule has 0 N–H and O–H groups in total. The average molecular weight is 909 g/mol. The fourth-order valence-electron chi connectivity index (χ4n) is 10.8. The molecule has 64 heavy (non-hydrogen) atoms. The molecule has 3 heteroatoms. The number of hydrogen-bond donors (Lipinski definition) is 0. The molecule has 1 heterocycles. The van der Waals surface area contributed by atoms with Gasteiger partial charge in [0.2, 0.25) is 0 Å². The fraction of sp³-hybridized carbons (Fsp3) is 0.475. The van der Waals surface area contributed by atoms with Gasteiger partial charge in [0.25, 0.3) is 0 Å². The molecule has 4 atom stereocenters. The molecule has 0 nitrogen and oxygen atoms in total. The largest absolute Gasteiger partial charge is 0.161 e. The van der Waals surface area contributed by atoms with E-state index in [0.29, 0.717) is 17.2 Å². The SMILES string of the molecule is C1CC2(C1)CCC2.C1CCCCCCC1.C=Cc1ccccc1/C(=C\C)P(c1cccc2ccccc12)C1CSCC1C(C)P(c1cc(C)cc(C)c1)c1cc(C)cc(C)c1.CCC. The van der Waals surface area contributed by atoms with Crippen molar-refractivity contribution in [3.05, 3.63) is 149 Å². The Hall–Kier alpha value is -2.95. The summed E-state index contributed by atoms with van der Waals surface area (Å²) in [4.78, 5) is 0. The Kier molecular flexibility index (Phi) is 19.9. The summed E-state index contributed by atoms with van der Waals surface area (Å²) in [5.74, 6) is 3.00. The molecular formula is C61H82P2S. The first-order valence-corrected chi connectivity index (χ1v) is 29.3. The van der Waals surface area contributed by atoms with Crippen molar-refractivity contribution in [2.45, 2.75) is 163 Å². The van der Waals surface area contributed by atoms with Crippen LogP contribution in [0.2, 0.25) is 0 Å². The standard InChI is InChI=1S/C43H46P2S.C8H16.C7H12.C3H8/c1-8-34-15-10-12-18-38(34)41(9-2)45(42-20-14-17-35-16-11-13-19-39(35)42)43-28-46-27-40(43)33(7)44(36-23-29(3)21-30(4)24-36)37-25-31(5)22-32(6)26-37;1-2-4-6-8-7-5-3-1;1-3-7(4-1)5-2-6-7;1-3-2/h8-26,33,40,43H,1,27-28H2,2-7H3;1-8H2;1-6H2;3H2,1-2H3/b41-9+;;;. The molecule has 5 aromatic carbocycles. The van der Waals surface area contributed by atoms with Crippen LogP contribution in [0.5, 0.6) is 0 Å². The predicted octanol–water partition coefficient (Wildman–Crippen LogP) is 18.0. The van der Waals surface area contributed by atoms with Crippen LogP contribution in [0.25, 0.3) is 22.2 Å². The quantitative estimate of drug-likeness (QED) is 0.133. The summed E-state index contributed by atoms with van der Waals surface area (Å²) < 4.78 is 0. The smallest absolute Gasteiger partial charge is 0.000966 e. The summed E-state index contributed by atoms with van der Waals surface area (Å²) in [6.07, 6.45) is 27.0. The van der Waals surface area contributed by atoms with E-state index in [2.05, 4.69) is 183 Å². The third-order valence-electron chi connectivity index (χ3n) is 14.3. The Bertz CT molecular complexity index is 2120. The highest BCUT2D eigenvalue weighted by molar-refractivity contribution is 8.00. The Labute approximate surface area is 398 Å². The third-order valence-corrected chi connectivity index (χ3v) is 21.7. The first-order chi connectivity index (χ1) is 31.1. The fourth-order valence-corrected chi connectivity index (χ4v) is 20.0. The van der Waals surface area contributed by atoms with E-state index in [1.165, 1.54) is 148 Å². The number of thioether (sulfide) groups is 1. The third kappa shape index (κ3) is 13.1. The van der Waals surface area contributed by atoms with E-state index >= 15 is 0 Å². The lowest BCUT2D eigenvalue weighted by Crippen LogP contribution is -2.35. The lowest BCUT2D eigenvalue weighted by Gasteiger charge is -2.49. The topological polar surface area (TPSA) is 0 Å². The molecule has 9 rings (SSSR count). The lowest BCUT2D eigenvalue weighted by atomic mass is 9.56. The maximum atomic E-state index is 4.23. The molecule has 1 aliphatic heterocycles. The molecule has 4 fully saturated rings. The molecule has 342 valence electrons. The Morgan fingerprint density at radius 2 is 1.14 bits per heavy atom. The number of aryl methyl sites for hydroxylation is 4. The van der Waals surface area contributed by atoms with Crippen molar-refractivity contribution in [1.82, 2.24) is 0 Å². The molecule has 1 spiro atoms. The lowest BCUT2D eigenvalue weighted by molar-refractivity contribution is 0.0314. The van der Waals surface area contributed by atoms with Crippen LogP contribution in [-0.4, -0.2) is 22.8 Å². The van der Waals surface area contributed by atoms with Gasteiger partial charge in [-0.1, -0.05) is 236 Å². The molecule has 4 aliphatic rings. The zero-order valence-corrected chi connectivity index (χ0v) is 43.8. The van der Waals surface area contributed by atoms with Gasteiger partial charge in [0, 0.05) is 11.4 Å². The molecule has 0 bridgehead atoms. The summed E-state index contributed by atoms with van der Waals surface area (Å²) in [7, 11) is -1.24. The van der Waals surface area contributed by atoms with Gasteiger partial charge in [-0.15, -0.1) is 0 Å². The summed E-state index contributed by atoms with van der Waals surface area (Å²) in [5, 5.41) is 8.81. The molecular weight excluding hydrogens is 827 g/mol. The highest BCUT2D eigenvalue weighted by Gasteiger charge is 2.43. The number of fused-ring (bicyclic) bond motifs is 1. The molecule has 0 aromatic heterocycles. The summed E-state index contributed by atoms with van der Waals surface area (Å²) in [6, 6.07) is 39.5. The van der Waals surface area contributed by atoms with Gasteiger partial charge < -0.3 is 0 Å². The van der Waals surface area contributed by atoms with Crippen molar-refractivity contribution in [3.8, 4) is 0 Å². The van der Waals surface area contributed by atoms with Gasteiger partial charge in [-0.25, -0.2) is 0 Å². The molecule has 0 radical (unpaired) electrons. The van der Waals surface area contributed by atoms with Crippen LogP contribution < -0.4 is 15.9 Å². The number of hydrogen-bond acceptors (Lipinski definition) is 1. The van der Waals surface area contributed by atoms with Crippen LogP contribution in [0.3, 0.4) is 0 Å². The molecule has 3 aliphatic carbocycles. The summed E-state index contributed by atoms with van der Waals surface area (Å²) in [5.41, 5.74) is 10.1. The second kappa shape index (κ2) is 25.3. The van der Waals surface area contributed by atoms with E-state index in [4.69, 9.17) is 0 Å². The van der Waals surface area contributed by atoms with E-state index in [1.54, 1.807) is 25.7 Å². The van der Waals surface area contributed by atoms with E-state index in [9.17, 15) is 0 Å². The van der Waals surface area contributed by atoms with Gasteiger partial charge in [-0.05, 0) is 142 Å². The van der Waals surface area contributed by atoms with Gasteiger partial charge in [0.15, 0.2) is 0 Å².